The van der Waals surface area contributed by atoms with Gasteiger partial charge in [-0.1, -0.05) is 34.9 Å². The molecule has 1 aromatic heterocycles. The number of benzene rings is 2. The molecule has 0 aliphatic rings. The fourth-order valence-electron chi connectivity index (χ4n) is 4.04. The number of hydrogen-bond donors (Lipinski definition) is 4. The Labute approximate surface area is 211 Å². The molecule has 0 amide bonds. The molecule has 0 spiro atoms. The number of aromatic hydroxyl groups is 4. The third-order valence-electron chi connectivity index (χ3n) is 6.07. The summed E-state index contributed by atoms with van der Waals surface area (Å²) in [6, 6.07) is 4.03. The Bertz CT molecular complexity index is 1430. The van der Waals surface area contributed by atoms with E-state index in [1.54, 1.807) is 6.07 Å². The van der Waals surface area contributed by atoms with Crippen molar-refractivity contribution >= 4 is 11.0 Å². The lowest BCUT2D eigenvalue weighted by molar-refractivity contribution is 0.397. The first-order valence-electron chi connectivity index (χ1n) is 12.0. The van der Waals surface area contributed by atoms with Crippen LogP contribution in [-0.4, -0.2) is 20.4 Å². The van der Waals surface area contributed by atoms with Gasteiger partial charge in [-0.05, 0) is 71.9 Å². The van der Waals surface area contributed by atoms with Crippen molar-refractivity contribution in [3.05, 3.63) is 80.8 Å². The van der Waals surface area contributed by atoms with Crippen molar-refractivity contribution in [3.63, 3.8) is 0 Å². The summed E-state index contributed by atoms with van der Waals surface area (Å²) < 4.78 is 5.60. The van der Waals surface area contributed by atoms with Crippen LogP contribution in [0, 0.1) is 0 Å². The van der Waals surface area contributed by atoms with Crippen molar-refractivity contribution in [2.45, 2.75) is 60.3 Å². The maximum Gasteiger partial charge on any atom is 0.204 e. The minimum absolute atomic E-state index is 0.0465. The molecule has 0 aliphatic heterocycles. The highest BCUT2D eigenvalue weighted by atomic mass is 16.3. The first kappa shape index (κ1) is 26.7. The summed E-state index contributed by atoms with van der Waals surface area (Å²) >= 11 is 0. The van der Waals surface area contributed by atoms with Crippen LogP contribution in [0.5, 0.6) is 23.0 Å². The van der Waals surface area contributed by atoms with Crippen molar-refractivity contribution in [2.75, 3.05) is 0 Å². The molecule has 0 bridgehead atoms. The van der Waals surface area contributed by atoms with Crippen LogP contribution >= 0.6 is 0 Å². The summed E-state index contributed by atoms with van der Waals surface area (Å²) in [5.74, 6) is -1.13. The Morgan fingerprint density at radius 3 is 2.19 bits per heavy atom. The van der Waals surface area contributed by atoms with Gasteiger partial charge >= 0.3 is 0 Å². The summed E-state index contributed by atoms with van der Waals surface area (Å²) in [5, 5.41) is 41.8. The molecule has 0 radical (unpaired) electrons. The average Bonchev–Trinajstić information content (AvgIpc) is 2.78. The number of rotatable bonds is 8. The lowest BCUT2D eigenvalue weighted by atomic mass is 9.92. The van der Waals surface area contributed by atoms with E-state index >= 15 is 0 Å². The van der Waals surface area contributed by atoms with Crippen molar-refractivity contribution in [1.82, 2.24) is 0 Å². The van der Waals surface area contributed by atoms with Gasteiger partial charge in [-0.2, -0.15) is 0 Å². The van der Waals surface area contributed by atoms with Crippen LogP contribution < -0.4 is 5.43 Å². The summed E-state index contributed by atoms with van der Waals surface area (Å²) in [4.78, 5) is 13.4. The Morgan fingerprint density at radius 1 is 0.833 bits per heavy atom. The molecule has 6 heteroatoms. The van der Waals surface area contributed by atoms with E-state index in [1.807, 2.05) is 32.9 Å². The van der Waals surface area contributed by atoms with E-state index in [0.29, 0.717) is 23.1 Å². The molecule has 0 saturated carbocycles. The molecule has 6 nitrogen and oxygen atoms in total. The zero-order valence-electron chi connectivity index (χ0n) is 21.5. The van der Waals surface area contributed by atoms with Crippen molar-refractivity contribution in [2.24, 2.45) is 0 Å². The number of phenolic OH excluding ortho intramolecular Hbond substituents is 4. The topological polar surface area (TPSA) is 111 Å². The lowest BCUT2D eigenvalue weighted by Crippen LogP contribution is -2.07. The van der Waals surface area contributed by atoms with Gasteiger partial charge in [0.25, 0.3) is 0 Å². The standard InChI is InChI=1S/C30H34O6/c1-17(2)7-6-8-19(5)10-11-20-13-23(22(12-9-18(3)4)30(35)28(20)33)24-16-36-26-15-21(31)14-25(32)27(26)29(24)34/h7,9-10,13-16,31-33,35H,6,8,11-12H2,1-5H3/b19-10+. The summed E-state index contributed by atoms with van der Waals surface area (Å²) in [6.45, 7) is 9.98. The smallest absolute Gasteiger partial charge is 0.204 e. The molecular weight excluding hydrogens is 456 g/mol. The van der Waals surface area contributed by atoms with Crippen molar-refractivity contribution in [3.8, 4) is 34.1 Å². The molecule has 36 heavy (non-hydrogen) atoms. The van der Waals surface area contributed by atoms with Gasteiger partial charge in [-0.25, -0.2) is 0 Å². The number of phenols is 4. The van der Waals surface area contributed by atoms with E-state index in [1.165, 1.54) is 17.9 Å². The quantitative estimate of drug-likeness (QED) is 0.199. The zero-order valence-corrected chi connectivity index (χ0v) is 21.5. The fraction of sp³-hybridized carbons (Fsp3) is 0.300. The van der Waals surface area contributed by atoms with Crippen LogP contribution in [0.2, 0.25) is 0 Å². The van der Waals surface area contributed by atoms with E-state index < -0.39 is 11.2 Å². The fourth-order valence-corrected chi connectivity index (χ4v) is 4.04. The van der Waals surface area contributed by atoms with Crippen LogP contribution in [-0.2, 0) is 12.8 Å². The highest BCUT2D eigenvalue weighted by molar-refractivity contribution is 5.89. The SMILES string of the molecule is CC(C)=CCC/C(C)=C/Cc1cc(-c2coc3cc(O)cc(O)c3c2=O)c(CC=C(C)C)c(O)c1O. The molecule has 4 N–H and O–H groups in total. The molecule has 3 rings (SSSR count). The van der Waals surface area contributed by atoms with Gasteiger partial charge in [0.15, 0.2) is 11.5 Å². The molecule has 0 atom stereocenters. The third-order valence-corrected chi connectivity index (χ3v) is 6.07. The van der Waals surface area contributed by atoms with Crippen LogP contribution in [0.15, 0.2) is 68.6 Å². The molecule has 1 heterocycles. The highest BCUT2D eigenvalue weighted by Gasteiger charge is 2.21. The van der Waals surface area contributed by atoms with Crippen LogP contribution in [0.3, 0.4) is 0 Å². The van der Waals surface area contributed by atoms with Crippen LogP contribution in [0.4, 0.5) is 0 Å². The van der Waals surface area contributed by atoms with Crippen molar-refractivity contribution < 1.29 is 24.8 Å². The number of fused-ring (bicyclic) bond motifs is 1. The number of hydrogen-bond acceptors (Lipinski definition) is 6. The Morgan fingerprint density at radius 2 is 1.53 bits per heavy atom. The molecule has 3 aromatic rings. The summed E-state index contributed by atoms with van der Waals surface area (Å²) in [5.41, 5.74) is 4.37. The van der Waals surface area contributed by atoms with Gasteiger partial charge in [0.2, 0.25) is 5.43 Å². The Hall–Kier alpha value is -3.93. The van der Waals surface area contributed by atoms with E-state index in [2.05, 4.69) is 19.9 Å². The van der Waals surface area contributed by atoms with Gasteiger partial charge in [-0.3, -0.25) is 4.79 Å². The molecule has 0 fully saturated rings. The van der Waals surface area contributed by atoms with E-state index in [4.69, 9.17) is 4.42 Å². The minimum Gasteiger partial charge on any atom is -0.508 e. The Balaban J connectivity index is 2.17. The van der Waals surface area contributed by atoms with Gasteiger partial charge < -0.3 is 24.8 Å². The van der Waals surface area contributed by atoms with Crippen molar-refractivity contribution in [1.29, 1.82) is 0 Å². The molecule has 0 saturated heterocycles. The average molecular weight is 491 g/mol. The second-order valence-electron chi connectivity index (χ2n) is 9.64. The maximum atomic E-state index is 13.4. The molecule has 0 unspecified atom stereocenters. The van der Waals surface area contributed by atoms with Gasteiger partial charge in [-0.15, -0.1) is 0 Å². The highest BCUT2D eigenvalue weighted by Crippen LogP contribution is 2.41. The second kappa shape index (κ2) is 11.2. The van der Waals surface area contributed by atoms with E-state index in [-0.39, 0.29) is 40.2 Å². The van der Waals surface area contributed by atoms with Gasteiger partial charge in [0.05, 0.1) is 5.56 Å². The maximum absolute atomic E-state index is 13.4. The first-order chi connectivity index (χ1) is 17.0. The Kier molecular flexibility index (Phi) is 8.30. The van der Waals surface area contributed by atoms with Gasteiger partial charge in [0, 0.05) is 23.3 Å². The predicted molar refractivity (Wildman–Crippen MR) is 144 cm³/mol. The minimum atomic E-state index is -0.503. The van der Waals surface area contributed by atoms with Crippen LogP contribution in [0.1, 0.15) is 58.6 Å². The van der Waals surface area contributed by atoms with E-state index in [0.717, 1.165) is 30.1 Å². The summed E-state index contributed by atoms with van der Waals surface area (Å²) in [7, 11) is 0. The van der Waals surface area contributed by atoms with E-state index in [9.17, 15) is 25.2 Å². The predicted octanol–water partition coefficient (Wildman–Crippen LogP) is 7.03. The zero-order chi connectivity index (χ0) is 26.6. The lowest BCUT2D eigenvalue weighted by Gasteiger charge is -2.15. The summed E-state index contributed by atoms with van der Waals surface area (Å²) in [6.07, 6.45) is 9.78. The normalized spacial score (nSPS) is 11.5. The molecule has 0 aliphatic carbocycles. The molecule has 2 aromatic carbocycles. The molecular formula is C30H34O6. The van der Waals surface area contributed by atoms with Crippen LogP contribution in [0.25, 0.3) is 22.1 Å². The largest absolute Gasteiger partial charge is 0.508 e. The van der Waals surface area contributed by atoms with Gasteiger partial charge in [0.1, 0.15) is 28.7 Å². The number of allylic oxidation sites excluding steroid dienone is 6. The first-order valence-corrected chi connectivity index (χ1v) is 12.0. The monoisotopic (exact) mass is 490 g/mol. The third kappa shape index (κ3) is 6.00. The second-order valence-corrected chi connectivity index (χ2v) is 9.64. The molecule has 190 valence electrons.